The van der Waals surface area contributed by atoms with E-state index in [1.54, 1.807) is 6.07 Å². The molecule has 1 atom stereocenters. The van der Waals surface area contributed by atoms with Gasteiger partial charge in [-0.15, -0.1) is 0 Å². The smallest absolute Gasteiger partial charge is 0.251 e. The number of benzene rings is 1. The molecule has 0 spiro atoms. The van der Waals surface area contributed by atoms with E-state index in [4.69, 9.17) is 0 Å². The number of unbranched alkanes of at least 4 members (excludes halogenated alkanes) is 1. The van der Waals surface area contributed by atoms with Gasteiger partial charge in [0.1, 0.15) is 0 Å². The summed E-state index contributed by atoms with van der Waals surface area (Å²) in [6.07, 6.45) is 2.08. The zero-order chi connectivity index (χ0) is 18.7. The molecule has 1 saturated heterocycles. The van der Waals surface area contributed by atoms with Gasteiger partial charge in [-0.2, -0.15) is 4.31 Å². The molecule has 7 nitrogen and oxygen atoms in total. The summed E-state index contributed by atoms with van der Waals surface area (Å²) >= 11 is 0. The van der Waals surface area contributed by atoms with E-state index in [1.165, 1.54) is 25.2 Å². The molecule has 1 unspecified atom stereocenters. The minimum Gasteiger partial charge on any atom is -0.352 e. The van der Waals surface area contributed by atoms with Crippen molar-refractivity contribution in [3.63, 3.8) is 0 Å². The van der Waals surface area contributed by atoms with E-state index in [0.29, 0.717) is 6.54 Å². The van der Waals surface area contributed by atoms with Crippen LogP contribution in [0.2, 0.25) is 0 Å². The Hall–Kier alpha value is -1.45. The first-order chi connectivity index (χ1) is 11.7. The molecule has 0 bridgehead atoms. The van der Waals surface area contributed by atoms with E-state index >= 15 is 0 Å². The highest BCUT2D eigenvalue weighted by atomic mass is 32.2. The Morgan fingerprint density at radius 1 is 1.36 bits per heavy atom. The fourth-order valence-corrected chi connectivity index (χ4v) is 6.00. The lowest BCUT2D eigenvalue weighted by atomic mass is 10.2. The van der Waals surface area contributed by atoms with E-state index in [2.05, 4.69) is 5.32 Å². The second-order valence-corrected chi connectivity index (χ2v) is 10.4. The quantitative estimate of drug-likeness (QED) is 0.703. The maximum absolute atomic E-state index is 12.8. The summed E-state index contributed by atoms with van der Waals surface area (Å²) < 4.78 is 49.8. The van der Waals surface area contributed by atoms with Gasteiger partial charge in [0, 0.05) is 25.2 Å². The number of hydrogen-bond acceptors (Lipinski definition) is 5. The maximum atomic E-state index is 12.8. The number of sulfonamides is 1. The van der Waals surface area contributed by atoms with Crippen molar-refractivity contribution in [2.24, 2.45) is 0 Å². The van der Waals surface area contributed by atoms with Crippen LogP contribution in [-0.2, 0) is 19.9 Å². The molecule has 1 N–H and O–H groups in total. The van der Waals surface area contributed by atoms with E-state index < -0.39 is 25.9 Å². The molecule has 1 amide bonds. The second kappa shape index (κ2) is 7.84. The van der Waals surface area contributed by atoms with Crippen molar-refractivity contribution in [3.8, 4) is 0 Å². The first-order valence-electron chi connectivity index (χ1n) is 8.24. The lowest BCUT2D eigenvalue weighted by molar-refractivity contribution is 0.0953. The first kappa shape index (κ1) is 19.9. The first-order valence-corrected chi connectivity index (χ1v) is 11.5. The van der Waals surface area contributed by atoms with Crippen LogP contribution in [-0.4, -0.2) is 58.2 Å². The molecule has 0 aromatic heterocycles. The van der Waals surface area contributed by atoms with Crippen LogP contribution in [0.1, 0.15) is 36.5 Å². The predicted molar refractivity (Wildman–Crippen MR) is 95.7 cm³/mol. The SMILES string of the molecule is CCCCNC(=O)c1cccc(S(=O)(=O)N(C)C2CCS(=O)(=O)C2)c1. The summed E-state index contributed by atoms with van der Waals surface area (Å²) in [4.78, 5) is 12.1. The zero-order valence-corrected chi connectivity index (χ0v) is 16.1. The number of nitrogens with zero attached hydrogens (tertiary/aromatic N) is 1. The molecule has 1 aliphatic rings. The van der Waals surface area contributed by atoms with Crippen molar-refractivity contribution in [3.05, 3.63) is 29.8 Å². The van der Waals surface area contributed by atoms with Gasteiger partial charge >= 0.3 is 0 Å². The van der Waals surface area contributed by atoms with Gasteiger partial charge in [0.2, 0.25) is 10.0 Å². The number of amides is 1. The van der Waals surface area contributed by atoms with E-state index in [9.17, 15) is 21.6 Å². The molecule has 1 heterocycles. The van der Waals surface area contributed by atoms with Crippen LogP contribution in [0.5, 0.6) is 0 Å². The van der Waals surface area contributed by atoms with Gasteiger partial charge < -0.3 is 5.32 Å². The Labute approximate surface area is 149 Å². The largest absolute Gasteiger partial charge is 0.352 e. The highest BCUT2D eigenvalue weighted by Gasteiger charge is 2.36. The molecule has 0 radical (unpaired) electrons. The minimum atomic E-state index is -3.86. The highest BCUT2D eigenvalue weighted by Crippen LogP contribution is 2.24. The second-order valence-electron chi connectivity index (χ2n) is 6.22. The molecule has 25 heavy (non-hydrogen) atoms. The van der Waals surface area contributed by atoms with Crippen LogP contribution in [0, 0.1) is 0 Å². The summed E-state index contributed by atoms with van der Waals surface area (Å²) in [7, 11) is -5.67. The fraction of sp³-hybridized carbons (Fsp3) is 0.562. The summed E-state index contributed by atoms with van der Waals surface area (Å²) in [6, 6.07) is 5.24. The fourth-order valence-electron chi connectivity index (χ4n) is 2.70. The van der Waals surface area contributed by atoms with Crippen molar-refractivity contribution >= 4 is 25.8 Å². The third-order valence-corrected chi connectivity index (χ3v) is 7.97. The topological polar surface area (TPSA) is 101 Å². The Kier molecular flexibility index (Phi) is 6.23. The number of carbonyl (C=O) groups excluding carboxylic acids is 1. The molecular weight excluding hydrogens is 364 g/mol. The molecular formula is C16H24N2O5S2. The van der Waals surface area contributed by atoms with Gasteiger partial charge in [-0.1, -0.05) is 19.4 Å². The minimum absolute atomic E-state index is 0.00258. The Morgan fingerprint density at radius 2 is 2.08 bits per heavy atom. The Morgan fingerprint density at radius 3 is 2.68 bits per heavy atom. The van der Waals surface area contributed by atoms with Crippen molar-refractivity contribution in [2.75, 3.05) is 25.1 Å². The van der Waals surface area contributed by atoms with Gasteiger partial charge in [0.25, 0.3) is 5.91 Å². The summed E-state index contributed by atoms with van der Waals surface area (Å²) in [5.74, 6) is -0.492. The van der Waals surface area contributed by atoms with Crippen molar-refractivity contribution in [1.29, 1.82) is 0 Å². The predicted octanol–water partition coefficient (Wildman–Crippen LogP) is 1.02. The molecule has 9 heteroatoms. The van der Waals surface area contributed by atoms with Crippen LogP contribution in [0.4, 0.5) is 0 Å². The van der Waals surface area contributed by atoms with Crippen molar-refractivity contribution < 1.29 is 21.6 Å². The normalized spacial score (nSPS) is 19.9. The van der Waals surface area contributed by atoms with Gasteiger partial charge in [-0.3, -0.25) is 4.79 Å². The molecule has 2 rings (SSSR count). The van der Waals surface area contributed by atoms with Crippen LogP contribution in [0.15, 0.2) is 29.2 Å². The number of carbonyl (C=O) groups is 1. The van der Waals surface area contributed by atoms with E-state index in [0.717, 1.165) is 17.1 Å². The van der Waals surface area contributed by atoms with Crippen molar-refractivity contribution in [2.45, 2.75) is 37.1 Å². The summed E-state index contributed by atoms with van der Waals surface area (Å²) in [6.45, 7) is 2.55. The number of rotatable bonds is 7. The lowest BCUT2D eigenvalue weighted by Gasteiger charge is -2.23. The van der Waals surface area contributed by atoms with Crippen LogP contribution in [0.3, 0.4) is 0 Å². The molecule has 1 fully saturated rings. The Balaban J connectivity index is 2.19. The van der Waals surface area contributed by atoms with Gasteiger partial charge in [0.05, 0.1) is 16.4 Å². The van der Waals surface area contributed by atoms with Crippen LogP contribution < -0.4 is 5.32 Å². The molecule has 1 aliphatic heterocycles. The van der Waals surface area contributed by atoms with E-state index in [1.807, 2.05) is 6.92 Å². The monoisotopic (exact) mass is 388 g/mol. The molecule has 1 aromatic rings. The third kappa shape index (κ3) is 4.80. The molecule has 1 aromatic carbocycles. The van der Waals surface area contributed by atoms with Gasteiger partial charge in [-0.05, 0) is 31.0 Å². The van der Waals surface area contributed by atoms with Crippen LogP contribution in [0.25, 0.3) is 0 Å². The Bertz CT molecular complexity index is 834. The average molecular weight is 389 g/mol. The van der Waals surface area contributed by atoms with Gasteiger partial charge in [0.15, 0.2) is 9.84 Å². The molecule has 140 valence electrons. The van der Waals surface area contributed by atoms with Gasteiger partial charge in [-0.25, -0.2) is 16.8 Å². The summed E-state index contributed by atoms with van der Waals surface area (Å²) in [5.41, 5.74) is 0.268. The number of hydrogen-bond donors (Lipinski definition) is 1. The lowest BCUT2D eigenvalue weighted by Crippen LogP contribution is -2.37. The standard InChI is InChI=1S/C16H24N2O5S2/c1-3-4-9-17-16(19)13-6-5-7-15(11-13)25(22,23)18(2)14-8-10-24(20,21)12-14/h5-7,11,14H,3-4,8-10,12H2,1-2H3,(H,17,19). The van der Waals surface area contributed by atoms with Crippen LogP contribution >= 0.6 is 0 Å². The number of nitrogens with one attached hydrogen (secondary N) is 1. The zero-order valence-electron chi connectivity index (χ0n) is 14.4. The molecule has 0 aliphatic carbocycles. The van der Waals surface area contributed by atoms with Crippen molar-refractivity contribution in [1.82, 2.24) is 9.62 Å². The maximum Gasteiger partial charge on any atom is 0.251 e. The average Bonchev–Trinajstić information content (AvgIpc) is 2.94. The van der Waals surface area contributed by atoms with E-state index in [-0.39, 0.29) is 34.3 Å². The highest BCUT2D eigenvalue weighted by molar-refractivity contribution is 7.92. The molecule has 0 saturated carbocycles. The summed E-state index contributed by atoms with van der Waals surface area (Å²) in [5, 5.41) is 2.75. The number of sulfone groups is 1. The third-order valence-electron chi connectivity index (χ3n) is 4.31.